The van der Waals surface area contributed by atoms with Gasteiger partial charge in [-0.05, 0) is 48.9 Å². The zero-order valence-electron chi connectivity index (χ0n) is 13.0. The lowest BCUT2D eigenvalue weighted by Gasteiger charge is -2.22. The SMILES string of the molecule is CC(Oc1ccc(Br)cc1)C(=O)N(C)Cc1ccc(C#N)cc1. The van der Waals surface area contributed by atoms with E-state index in [0.29, 0.717) is 17.9 Å². The molecule has 0 aliphatic heterocycles. The number of likely N-dealkylation sites (N-methyl/N-ethyl adjacent to an activating group) is 1. The average molecular weight is 373 g/mol. The summed E-state index contributed by atoms with van der Waals surface area (Å²) < 4.78 is 6.63. The van der Waals surface area contributed by atoms with E-state index in [0.717, 1.165) is 10.0 Å². The molecule has 2 aromatic carbocycles. The van der Waals surface area contributed by atoms with Crippen LogP contribution in [0.2, 0.25) is 0 Å². The molecular formula is C18H17BrN2O2. The second-order valence-corrected chi connectivity index (χ2v) is 6.13. The number of halogens is 1. The maximum Gasteiger partial charge on any atom is 0.263 e. The Bertz CT molecular complexity index is 705. The van der Waals surface area contributed by atoms with Crippen molar-refractivity contribution in [1.82, 2.24) is 4.90 Å². The molecule has 0 aliphatic rings. The first kappa shape index (κ1) is 17.0. The molecule has 2 aromatic rings. The average Bonchev–Trinajstić information content (AvgIpc) is 2.56. The van der Waals surface area contributed by atoms with Crippen molar-refractivity contribution in [3.8, 4) is 11.8 Å². The molecule has 0 aliphatic carbocycles. The van der Waals surface area contributed by atoms with Crippen LogP contribution in [0.4, 0.5) is 0 Å². The van der Waals surface area contributed by atoms with E-state index in [1.807, 2.05) is 36.4 Å². The van der Waals surface area contributed by atoms with Gasteiger partial charge in [0, 0.05) is 18.1 Å². The van der Waals surface area contributed by atoms with E-state index in [1.54, 1.807) is 31.0 Å². The lowest BCUT2D eigenvalue weighted by atomic mass is 10.1. The lowest BCUT2D eigenvalue weighted by Crippen LogP contribution is -2.37. The smallest absolute Gasteiger partial charge is 0.263 e. The molecule has 0 fully saturated rings. The van der Waals surface area contributed by atoms with Crippen LogP contribution in [-0.2, 0) is 11.3 Å². The fourth-order valence-corrected chi connectivity index (χ4v) is 2.38. The molecule has 1 amide bonds. The Labute approximate surface area is 144 Å². The molecule has 0 radical (unpaired) electrons. The van der Waals surface area contributed by atoms with Gasteiger partial charge in [0.15, 0.2) is 6.10 Å². The second-order valence-electron chi connectivity index (χ2n) is 5.22. The molecule has 5 heteroatoms. The van der Waals surface area contributed by atoms with Crippen LogP contribution in [0.3, 0.4) is 0 Å². The number of rotatable bonds is 5. The molecule has 0 bridgehead atoms. The van der Waals surface area contributed by atoms with Crippen LogP contribution >= 0.6 is 15.9 Å². The molecule has 0 aromatic heterocycles. The van der Waals surface area contributed by atoms with Crippen molar-refractivity contribution in [3.63, 3.8) is 0 Å². The molecule has 4 nitrogen and oxygen atoms in total. The van der Waals surface area contributed by atoms with Crippen LogP contribution in [0.5, 0.6) is 5.75 Å². The van der Waals surface area contributed by atoms with Crippen molar-refractivity contribution in [2.24, 2.45) is 0 Å². The zero-order chi connectivity index (χ0) is 16.8. The van der Waals surface area contributed by atoms with Crippen molar-refractivity contribution in [1.29, 1.82) is 5.26 Å². The Hall–Kier alpha value is -2.32. The molecule has 0 N–H and O–H groups in total. The van der Waals surface area contributed by atoms with Crippen LogP contribution in [0.15, 0.2) is 53.0 Å². The Morgan fingerprint density at radius 1 is 1.22 bits per heavy atom. The summed E-state index contributed by atoms with van der Waals surface area (Å²) in [4.78, 5) is 14.0. The summed E-state index contributed by atoms with van der Waals surface area (Å²) in [6.45, 7) is 2.21. The lowest BCUT2D eigenvalue weighted by molar-refractivity contribution is -0.137. The molecule has 2 rings (SSSR count). The van der Waals surface area contributed by atoms with Gasteiger partial charge >= 0.3 is 0 Å². The van der Waals surface area contributed by atoms with Crippen molar-refractivity contribution in [3.05, 3.63) is 64.1 Å². The van der Waals surface area contributed by atoms with Gasteiger partial charge in [0.1, 0.15) is 5.75 Å². The molecule has 1 unspecified atom stereocenters. The summed E-state index contributed by atoms with van der Waals surface area (Å²) in [7, 11) is 1.74. The summed E-state index contributed by atoms with van der Waals surface area (Å²) in [6, 6.07) is 16.6. The number of carbonyl (C=O) groups is 1. The third-order valence-corrected chi connectivity index (χ3v) is 3.88. The minimum absolute atomic E-state index is 0.0997. The van der Waals surface area contributed by atoms with E-state index in [4.69, 9.17) is 10.00 Å². The van der Waals surface area contributed by atoms with Gasteiger partial charge in [-0.15, -0.1) is 0 Å². The van der Waals surface area contributed by atoms with Gasteiger partial charge in [-0.2, -0.15) is 5.26 Å². The Balaban J connectivity index is 1.95. The summed E-state index contributed by atoms with van der Waals surface area (Å²) >= 11 is 3.36. The topological polar surface area (TPSA) is 53.3 Å². The maximum atomic E-state index is 12.4. The van der Waals surface area contributed by atoms with E-state index in [1.165, 1.54) is 0 Å². The van der Waals surface area contributed by atoms with Crippen LogP contribution in [-0.4, -0.2) is 24.0 Å². The molecule has 118 valence electrons. The van der Waals surface area contributed by atoms with Gasteiger partial charge in [-0.25, -0.2) is 0 Å². The van der Waals surface area contributed by atoms with E-state index in [2.05, 4.69) is 22.0 Å². The standard InChI is InChI=1S/C18H17BrN2O2/c1-13(23-17-9-7-16(19)8-10-17)18(22)21(2)12-15-5-3-14(11-20)4-6-15/h3-10,13H,12H2,1-2H3. The van der Waals surface area contributed by atoms with Crippen molar-refractivity contribution in [2.45, 2.75) is 19.6 Å². The van der Waals surface area contributed by atoms with Crippen LogP contribution < -0.4 is 4.74 Å². The minimum Gasteiger partial charge on any atom is -0.481 e. The highest BCUT2D eigenvalue weighted by molar-refractivity contribution is 9.10. The fraction of sp³-hybridized carbons (Fsp3) is 0.222. The van der Waals surface area contributed by atoms with Gasteiger partial charge in [-0.1, -0.05) is 28.1 Å². The van der Waals surface area contributed by atoms with Crippen molar-refractivity contribution < 1.29 is 9.53 Å². The molecule has 0 saturated carbocycles. The van der Waals surface area contributed by atoms with Gasteiger partial charge in [0.25, 0.3) is 5.91 Å². The summed E-state index contributed by atoms with van der Waals surface area (Å²) in [5.41, 5.74) is 1.57. The van der Waals surface area contributed by atoms with E-state index < -0.39 is 6.10 Å². The second kappa shape index (κ2) is 7.80. The normalized spacial score (nSPS) is 11.4. The summed E-state index contributed by atoms with van der Waals surface area (Å²) in [5.74, 6) is 0.554. The van der Waals surface area contributed by atoms with Gasteiger partial charge in [0.2, 0.25) is 0 Å². The van der Waals surface area contributed by atoms with Gasteiger partial charge in [0.05, 0.1) is 11.6 Å². The number of ether oxygens (including phenoxy) is 1. The predicted octanol–water partition coefficient (Wildman–Crippen LogP) is 3.75. The first-order chi connectivity index (χ1) is 11.0. The predicted molar refractivity (Wildman–Crippen MR) is 91.9 cm³/mol. The van der Waals surface area contributed by atoms with E-state index in [-0.39, 0.29) is 5.91 Å². The number of hydrogen-bond donors (Lipinski definition) is 0. The van der Waals surface area contributed by atoms with Crippen LogP contribution in [0.1, 0.15) is 18.1 Å². The van der Waals surface area contributed by atoms with Crippen LogP contribution in [0.25, 0.3) is 0 Å². The largest absolute Gasteiger partial charge is 0.481 e. The summed E-state index contributed by atoms with van der Waals surface area (Å²) in [5, 5.41) is 8.79. The van der Waals surface area contributed by atoms with Gasteiger partial charge in [-0.3, -0.25) is 4.79 Å². The van der Waals surface area contributed by atoms with E-state index >= 15 is 0 Å². The first-order valence-electron chi connectivity index (χ1n) is 7.16. The third kappa shape index (κ3) is 4.83. The van der Waals surface area contributed by atoms with Crippen molar-refractivity contribution in [2.75, 3.05) is 7.05 Å². The first-order valence-corrected chi connectivity index (χ1v) is 7.95. The molecular weight excluding hydrogens is 356 g/mol. The number of nitriles is 1. The highest BCUT2D eigenvalue weighted by atomic mass is 79.9. The molecule has 1 atom stereocenters. The number of carbonyl (C=O) groups excluding carboxylic acids is 1. The number of nitrogens with zero attached hydrogens (tertiary/aromatic N) is 2. The highest BCUT2D eigenvalue weighted by Crippen LogP contribution is 2.18. The maximum absolute atomic E-state index is 12.4. The Morgan fingerprint density at radius 3 is 2.39 bits per heavy atom. The van der Waals surface area contributed by atoms with Gasteiger partial charge < -0.3 is 9.64 Å². The molecule has 0 spiro atoms. The molecule has 23 heavy (non-hydrogen) atoms. The number of benzene rings is 2. The quantitative estimate of drug-likeness (QED) is 0.802. The Kier molecular flexibility index (Phi) is 5.78. The Morgan fingerprint density at radius 2 is 1.83 bits per heavy atom. The number of hydrogen-bond acceptors (Lipinski definition) is 3. The molecule has 0 saturated heterocycles. The number of amides is 1. The van der Waals surface area contributed by atoms with E-state index in [9.17, 15) is 4.79 Å². The van der Waals surface area contributed by atoms with Crippen LogP contribution in [0, 0.1) is 11.3 Å². The minimum atomic E-state index is -0.570. The highest BCUT2D eigenvalue weighted by Gasteiger charge is 2.19. The van der Waals surface area contributed by atoms with Crippen molar-refractivity contribution >= 4 is 21.8 Å². The fourth-order valence-electron chi connectivity index (χ4n) is 2.11. The molecule has 0 heterocycles. The third-order valence-electron chi connectivity index (χ3n) is 3.35. The summed E-state index contributed by atoms with van der Waals surface area (Å²) in [6.07, 6.45) is -0.570. The monoisotopic (exact) mass is 372 g/mol. The zero-order valence-corrected chi connectivity index (χ0v) is 14.6.